The van der Waals surface area contributed by atoms with Crippen LogP contribution in [0.2, 0.25) is 0 Å². The Bertz CT molecular complexity index is 339. The average Bonchev–Trinajstić information content (AvgIpc) is 2.04. The Morgan fingerprint density at radius 1 is 1.31 bits per heavy atom. The Labute approximate surface area is 77.8 Å². The average molecular weight is 202 g/mol. The summed E-state index contributed by atoms with van der Waals surface area (Å²) in [4.78, 5) is 0. The SMILES string of the molecule is CN(O[SH](=O)=O)c1ccc(N)cc1. The second-order valence-corrected chi connectivity index (χ2v) is 3.00. The van der Waals surface area contributed by atoms with Crippen molar-refractivity contribution in [2.45, 2.75) is 0 Å². The number of nitrogen functional groups attached to an aromatic ring is 1. The van der Waals surface area contributed by atoms with E-state index < -0.39 is 11.0 Å². The van der Waals surface area contributed by atoms with Crippen LogP contribution in [-0.2, 0) is 15.3 Å². The molecule has 0 aromatic heterocycles. The van der Waals surface area contributed by atoms with Crippen LogP contribution in [-0.4, -0.2) is 15.5 Å². The molecule has 0 bridgehead atoms. The van der Waals surface area contributed by atoms with Crippen molar-refractivity contribution in [1.82, 2.24) is 0 Å². The van der Waals surface area contributed by atoms with Crippen LogP contribution in [0, 0.1) is 0 Å². The second kappa shape index (κ2) is 4.11. The molecule has 0 heterocycles. The molecule has 72 valence electrons. The number of rotatable bonds is 3. The van der Waals surface area contributed by atoms with Gasteiger partial charge in [0, 0.05) is 12.7 Å². The molecule has 5 nitrogen and oxygen atoms in total. The summed E-state index contributed by atoms with van der Waals surface area (Å²) in [6, 6.07) is 6.64. The predicted molar refractivity (Wildman–Crippen MR) is 50.7 cm³/mol. The molecule has 0 atom stereocenters. The Kier molecular flexibility index (Phi) is 3.10. The summed E-state index contributed by atoms with van der Waals surface area (Å²) < 4.78 is 24.8. The minimum atomic E-state index is -2.88. The first-order valence-corrected chi connectivity index (χ1v) is 4.61. The summed E-state index contributed by atoms with van der Waals surface area (Å²) in [5.74, 6) is 0. The maximum Gasteiger partial charge on any atom is 0.277 e. The smallest absolute Gasteiger partial charge is 0.277 e. The first-order valence-electron chi connectivity index (χ1n) is 3.51. The lowest BCUT2D eigenvalue weighted by Gasteiger charge is -2.13. The summed E-state index contributed by atoms with van der Waals surface area (Å²) in [5, 5.41) is 1.14. The van der Waals surface area contributed by atoms with Crippen LogP contribution < -0.4 is 10.8 Å². The molecule has 1 rings (SSSR count). The minimum Gasteiger partial charge on any atom is -0.399 e. The maximum absolute atomic E-state index is 10.2. The molecule has 0 radical (unpaired) electrons. The largest absolute Gasteiger partial charge is 0.399 e. The van der Waals surface area contributed by atoms with Gasteiger partial charge < -0.3 is 5.73 Å². The van der Waals surface area contributed by atoms with Gasteiger partial charge in [-0.15, -0.1) is 0 Å². The molecule has 0 aliphatic rings. The molecule has 0 spiro atoms. The van der Waals surface area contributed by atoms with Gasteiger partial charge in [0.2, 0.25) is 0 Å². The van der Waals surface area contributed by atoms with E-state index in [-0.39, 0.29) is 0 Å². The van der Waals surface area contributed by atoms with E-state index in [9.17, 15) is 8.42 Å². The van der Waals surface area contributed by atoms with Crippen molar-refractivity contribution in [3.8, 4) is 0 Å². The van der Waals surface area contributed by atoms with Gasteiger partial charge in [-0.1, -0.05) is 0 Å². The first-order chi connectivity index (χ1) is 6.09. The molecule has 0 fully saturated rings. The van der Waals surface area contributed by atoms with Crippen LogP contribution in [0.5, 0.6) is 0 Å². The van der Waals surface area contributed by atoms with Crippen molar-refractivity contribution in [3.63, 3.8) is 0 Å². The molecule has 1 aromatic rings. The van der Waals surface area contributed by atoms with E-state index in [0.717, 1.165) is 5.06 Å². The van der Waals surface area contributed by atoms with Crippen LogP contribution in [0.4, 0.5) is 11.4 Å². The van der Waals surface area contributed by atoms with Gasteiger partial charge in [0.25, 0.3) is 11.0 Å². The lowest BCUT2D eigenvalue weighted by atomic mass is 10.3. The number of nitrogens with zero attached hydrogens (tertiary/aromatic N) is 1. The molecule has 13 heavy (non-hydrogen) atoms. The molecule has 0 amide bonds. The van der Waals surface area contributed by atoms with E-state index >= 15 is 0 Å². The van der Waals surface area contributed by atoms with E-state index in [1.165, 1.54) is 7.05 Å². The minimum absolute atomic E-state index is 0.615. The molecule has 0 aliphatic carbocycles. The first kappa shape index (κ1) is 9.82. The van der Waals surface area contributed by atoms with Gasteiger partial charge in [0.15, 0.2) is 0 Å². The zero-order valence-corrected chi connectivity index (χ0v) is 7.90. The van der Waals surface area contributed by atoms with Crippen LogP contribution in [0.3, 0.4) is 0 Å². The van der Waals surface area contributed by atoms with Gasteiger partial charge in [-0.2, -0.15) is 4.28 Å². The standard InChI is InChI=1S/C7H10N2O3S/c1-9(12-13(10)11)7-4-2-6(8)3-5-7/h2-5,13H,8H2,1H3. The quantitative estimate of drug-likeness (QED) is 0.415. The Morgan fingerprint density at radius 2 is 1.85 bits per heavy atom. The summed E-state index contributed by atoms with van der Waals surface area (Å²) in [7, 11) is -1.38. The monoisotopic (exact) mass is 202 g/mol. The Hall–Kier alpha value is -1.27. The zero-order chi connectivity index (χ0) is 9.84. The summed E-state index contributed by atoms with van der Waals surface area (Å²) in [6.07, 6.45) is 0. The van der Waals surface area contributed by atoms with Gasteiger partial charge in [0.1, 0.15) is 0 Å². The number of anilines is 2. The fourth-order valence-corrected chi connectivity index (χ4v) is 1.13. The molecule has 2 N–H and O–H groups in total. The molecule has 0 aliphatic heterocycles. The highest BCUT2D eigenvalue weighted by molar-refractivity contribution is 7.67. The fraction of sp³-hybridized carbons (Fsp3) is 0.143. The van der Waals surface area contributed by atoms with Gasteiger partial charge >= 0.3 is 0 Å². The molecular weight excluding hydrogens is 192 g/mol. The summed E-state index contributed by atoms with van der Waals surface area (Å²) in [6.45, 7) is 0. The van der Waals surface area contributed by atoms with Crippen molar-refractivity contribution in [2.75, 3.05) is 17.8 Å². The van der Waals surface area contributed by atoms with Gasteiger partial charge in [-0.3, -0.25) is 0 Å². The van der Waals surface area contributed by atoms with Crippen LogP contribution in [0.15, 0.2) is 24.3 Å². The highest BCUT2D eigenvalue weighted by atomic mass is 32.2. The topological polar surface area (TPSA) is 72.6 Å². The molecule has 0 unspecified atom stereocenters. The lowest BCUT2D eigenvalue weighted by Crippen LogP contribution is -2.16. The van der Waals surface area contributed by atoms with Crippen LogP contribution in [0.25, 0.3) is 0 Å². The normalized spacial score (nSPS) is 10.3. The van der Waals surface area contributed by atoms with E-state index in [1.54, 1.807) is 24.3 Å². The third-order valence-electron chi connectivity index (χ3n) is 1.45. The van der Waals surface area contributed by atoms with Crippen molar-refractivity contribution in [2.24, 2.45) is 0 Å². The van der Waals surface area contributed by atoms with Crippen LogP contribution in [0.1, 0.15) is 0 Å². The maximum atomic E-state index is 10.2. The van der Waals surface area contributed by atoms with Crippen molar-refractivity contribution in [1.29, 1.82) is 0 Å². The molecular formula is C7H10N2O3S. The number of thiol groups is 1. The highest BCUT2D eigenvalue weighted by Gasteiger charge is 2.00. The second-order valence-electron chi connectivity index (χ2n) is 2.39. The van der Waals surface area contributed by atoms with Crippen molar-refractivity contribution in [3.05, 3.63) is 24.3 Å². The van der Waals surface area contributed by atoms with Gasteiger partial charge in [-0.05, 0) is 24.3 Å². The molecule has 0 saturated carbocycles. The Morgan fingerprint density at radius 3 is 2.31 bits per heavy atom. The summed E-state index contributed by atoms with van der Waals surface area (Å²) in [5.41, 5.74) is 6.68. The van der Waals surface area contributed by atoms with Crippen LogP contribution >= 0.6 is 0 Å². The number of hydroxylamine groups is 1. The van der Waals surface area contributed by atoms with E-state index in [4.69, 9.17) is 5.73 Å². The molecule has 0 saturated heterocycles. The third-order valence-corrected chi connectivity index (χ3v) is 1.82. The lowest BCUT2D eigenvalue weighted by molar-refractivity contribution is 0.320. The van der Waals surface area contributed by atoms with E-state index in [0.29, 0.717) is 11.4 Å². The van der Waals surface area contributed by atoms with E-state index in [2.05, 4.69) is 4.28 Å². The van der Waals surface area contributed by atoms with Crippen molar-refractivity contribution >= 4 is 22.4 Å². The zero-order valence-electron chi connectivity index (χ0n) is 7.01. The summed E-state index contributed by atoms with van der Waals surface area (Å²) >= 11 is 0. The fourth-order valence-electron chi connectivity index (χ4n) is 0.831. The number of benzene rings is 1. The van der Waals surface area contributed by atoms with Crippen molar-refractivity contribution < 1.29 is 12.7 Å². The van der Waals surface area contributed by atoms with Gasteiger partial charge in [-0.25, -0.2) is 13.5 Å². The Balaban J connectivity index is 2.77. The number of hydrogen-bond acceptors (Lipinski definition) is 5. The predicted octanol–water partition coefficient (Wildman–Crippen LogP) is 0.163. The van der Waals surface area contributed by atoms with E-state index in [1.807, 2.05) is 0 Å². The number of hydrogen-bond donors (Lipinski definition) is 2. The third kappa shape index (κ3) is 2.92. The number of nitrogens with two attached hydrogens (primary N) is 1. The van der Waals surface area contributed by atoms with Gasteiger partial charge in [0.05, 0.1) is 5.69 Å². The molecule has 6 heteroatoms. The molecule has 1 aromatic carbocycles. The highest BCUT2D eigenvalue weighted by Crippen LogP contribution is 2.14.